The highest BCUT2D eigenvalue weighted by Gasteiger charge is 2.22. The summed E-state index contributed by atoms with van der Waals surface area (Å²) < 4.78 is 33.6. The molecule has 0 atom stereocenters. The number of aromatic nitrogens is 4. The highest BCUT2D eigenvalue weighted by Crippen LogP contribution is 2.33. The standard InChI is InChI=1S/C18H19FN2.C12H12O.C5H6FIN2/c19-10-11-21-14-18(13-20-21)9-8-17-3-1-2-16(12-17)7-6-15-4-5-15;1-2-10-4-3-5-12(8-10)13-9-11-6-7-11;6-1-2-9-4-5(7)3-8-9/h1-3,12-15H,4-7,10-11H2;1,3-5,8,11H,6-7,9H2;3-4H,1-2H2. The van der Waals surface area contributed by atoms with Crippen molar-refractivity contribution in [2.45, 2.75) is 51.6 Å². The predicted molar refractivity (Wildman–Crippen MR) is 175 cm³/mol. The topological polar surface area (TPSA) is 44.9 Å². The number of alkyl halides is 2. The fraction of sp³-hybridized carbons (Fsp3) is 0.371. The maximum Gasteiger partial charge on any atom is 0.120 e. The van der Waals surface area contributed by atoms with Crippen molar-refractivity contribution in [1.29, 1.82) is 0 Å². The molecule has 5 nitrogen and oxygen atoms in total. The van der Waals surface area contributed by atoms with Gasteiger partial charge in [0.25, 0.3) is 0 Å². The molecule has 0 N–H and O–H groups in total. The van der Waals surface area contributed by atoms with Gasteiger partial charge in [-0.1, -0.05) is 48.8 Å². The molecule has 8 heteroatoms. The fourth-order valence-corrected chi connectivity index (χ4v) is 4.53. The van der Waals surface area contributed by atoms with Crippen molar-refractivity contribution in [3.05, 3.63) is 99.1 Å². The first-order valence-corrected chi connectivity index (χ1v) is 15.7. The van der Waals surface area contributed by atoms with Crippen molar-refractivity contribution >= 4 is 22.6 Å². The molecule has 2 aliphatic rings. The normalized spacial score (nSPS) is 13.3. The molecule has 0 aliphatic heterocycles. The van der Waals surface area contributed by atoms with Gasteiger partial charge in [-0.05, 0) is 96.0 Å². The first-order valence-electron chi connectivity index (χ1n) is 14.7. The van der Waals surface area contributed by atoms with Crippen LogP contribution in [-0.2, 0) is 19.5 Å². The van der Waals surface area contributed by atoms with Crippen LogP contribution in [-0.4, -0.2) is 39.5 Å². The zero-order valence-corrected chi connectivity index (χ0v) is 26.4. The van der Waals surface area contributed by atoms with Crippen molar-refractivity contribution in [2.24, 2.45) is 11.8 Å². The number of hydrogen-bond acceptors (Lipinski definition) is 3. The average molecular weight is 695 g/mol. The lowest BCUT2D eigenvalue weighted by atomic mass is 10.0. The second-order valence-corrected chi connectivity index (χ2v) is 11.9. The molecule has 2 aromatic heterocycles. The van der Waals surface area contributed by atoms with E-state index in [1.807, 2.05) is 30.3 Å². The van der Waals surface area contributed by atoms with Crippen LogP contribution in [0.15, 0.2) is 73.3 Å². The molecule has 4 aromatic rings. The molecule has 0 unspecified atom stereocenters. The molecule has 0 amide bonds. The van der Waals surface area contributed by atoms with Crippen molar-refractivity contribution in [3.63, 3.8) is 0 Å². The summed E-state index contributed by atoms with van der Waals surface area (Å²) in [4.78, 5) is 0. The first-order chi connectivity index (χ1) is 21.0. The summed E-state index contributed by atoms with van der Waals surface area (Å²) in [6.45, 7) is 0.741. The summed E-state index contributed by atoms with van der Waals surface area (Å²) in [6, 6.07) is 16.1. The molecular formula is C35H37F2IN4O. The minimum Gasteiger partial charge on any atom is -0.493 e. The molecule has 6 rings (SSSR count). The van der Waals surface area contributed by atoms with Gasteiger partial charge in [-0.3, -0.25) is 9.36 Å². The molecular weight excluding hydrogens is 657 g/mol. The Labute approximate surface area is 267 Å². The van der Waals surface area contributed by atoms with Crippen LogP contribution in [0.1, 0.15) is 54.4 Å². The van der Waals surface area contributed by atoms with Crippen molar-refractivity contribution in [1.82, 2.24) is 19.6 Å². The first kappa shape index (κ1) is 32.3. The third-order valence-electron chi connectivity index (χ3n) is 6.86. The van der Waals surface area contributed by atoms with Crippen LogP contribution >= 0.6 is 22.6 Å². The zero-order chi connectivity index (χ0) is 30.3. The van der Waals surface area contributed by atoms with Gasteiger partial charge >= 0.3 is 0 Å². The summed E-state index contributed by atoms with van der Waals surface area (Å²) in [5, 5.41) is 7.94. The Morgan fingerprint density at radius 2 is 1.51 bits per heavy atom. The van der Waals surface area contributed by atoms with Gasteiger partial charge in [0.15, 0.2) is 0 Å². The largest absolute Gasteiger partial charge is 0.493 e. The smallest absolute Gasteiger partial charge is 0.120 e. The van der Waals surface area contributed by atoms with Crippen LogP contribution in [0.4, 0.5) is 8.78 Å². The molecule has 224 valence electrons. The molecule has 2 saturated carbocycles. The quantitative estimate of drug-likeness (QED) is 0.128. The number of rotatable bonds is 10. The van der Waals surface area contributed by atoms with Crippen LogP contribution in [0.3, 0.4) is 0 Å². The van der Waals surface area contributed by atoms with Gasteiger partial charge < -0.3 is 4.74 Å². The summed E-state index contributed by atoms with van der Waals surface area (Å²) in [5.41, 5.74) is 4.10. The van der Waals surface area contributed by atoms with Crippen LogP contribution in [0, 0.1) is 39.6 Å². The summed E-state index contributed by atoms with van der Waals surface area (Å²) in [5.74, 6) is 11.5. The van der Waals surface area contributed by atoms with Crippen LogP contribution in [0.25, 0.3) is 0 Å². The van der Waals surface area contributed by atoms with E-state index in [4.69, 9.17) is 11.2 Å². The van der Waals surface area contributed by atoms with E-state index in [9.17, 15) is 8.78 Å². The third-order valence-corrected chi connectivity index (χ3v) is 7.42. The molecule has 0 bridgehead atoms. The molecule has 0 spiro atoms. The molecule has 2 aromatic carbocycles. The van der Waals surface area contributed by atoms with E-state index in [0.29, 0.717) is 13.1 Å². The van der Waals surface area contributed by atoms with E-state index < -0.39 is 6.67 Å². The van der Waals surface area contributed by atoms with E-state index in [0.717, 1.165) is 50.9 Å². The Kier molecular flexibility index (Phi) is 13.1. The predicted octanol–water partition coefficient (Wildman–Crippen LogP) is 7.51. The number of ether oxygens (including phenoxy) is 1. The molecule has 2 heterocycles. The number of benzene rings is 2. The number of halogens is 3. The number of terminal acetylenes is 1. The van der Waals surface area contributed by atoms with Crippen LogP contribution < -0.4 is 4.74 Å². The maximum atomic E-state index is 12.2. The molecule has 0 radical (unpaired) electrons. The maximum absolute atomic E-state index is 12.2. The fourth-order valence-electron chi connectivity index (χ4n) is 4.08. The second kappa shape index (κ2) is 17.5. The van der Waals surface area contributed by atoms with Crippen molar-refractivity contribution in [3.8, 4) is 29.9 Å². The van der Waals surface area contributed by atoms with Crippen molar-refractivity contribution in [2.75, 3.05) is 20.0 Å². The van der Waals surface area contributed by atoms with Gasteiger partial charge in [-0.15, -0.1) is 6.42 Å². The van der Waals surface area contributed by atoms with Gasteiger partial charge in [0.05, 0.1) is 41.2 Å². The Balaban J connectivity index is 0.000000163. The van der Waals surface area contributed by atoms with Gasteiger partial charge in [0, 0.05) is 23.5 Å². The van der Waals surface area contributed by atoms with Gasteiger partial charge in [-0.25, -0.2) is 8.78 Å². The highest BCUT2D eigenvalue weighted by molar-refractivity contribution is 14.1. The summed E-state index contributed by atoms with van der Waals surface area (Å²) >= 11 is 2.13. The van der Waals surface area contributed by atoms with E-state index in [1.165, 1.54) is 37.7 Å². The number of nitrogens with zero attached hydrogens (tertiary/aromatic N) is 4. The van der Waals surface area contributed by atoms with Gasteiger partial charge in [0.2, 0.25) is 0 Å². The lowest BCUT2D eigenvalue weighted by Gasteiger charge is -2.04. The number of aryl methyl sites for hydroxylation is 3. The van der Waals surface area contributed by atoms with E-state index in [-0.39, 0.29) is 6.67 Å². The zero-order valence-electron chi connectivity index (χ0n) is 24.3. The van der Waals surface area contributed by atoms with Gasteiger partial charge in [0.1, 0.15) is 19.1 Å². The Hall–Kier alpha value is -3.63. The van der Waals surface area contributed by atoms with Gasteiger partial charge in [-0.2, -0.15) is 10.2 Å². The Morgan fingerprint density at radius 1 is 0.837 bits per heavy atom. The number of hydrogen-bond donors (Lipinski definition) is 0. The molecule has 2 fully saturated rings. The lowest BCUT2D eigenvalue weighted by molar-refractivity contribution is 0.299. The van der Waals surface area contributed by atoms with E-state index in [2.05, 4.69) is 68.7 Å². The average Bonchev–Trinajstić information content (AvgIpc) is 3.96. The SMILES string of the molecule is C#Cc1cccc(OCC2CC2)c1.FCCn1cc(C#Cc2cccc(CCC3CC3)c2)cn1.FCCn1cc(I)cn1. The van der Waals surface area contributed by atoms with E-state index >= 15 is 0 Å². The third kappa shape index (κ3) is 12.6. The Bertz CT molecular complexity index is 1520. The van der Waals surface area contributed by atoms with Crippen molar-refractivity contribution < 1.29 is 13.5 Å². The Morgan fingerprint density at radius 3 is 2.19 bits per heavy atom. The minimum absolute atomic E-state index is 0.290. The van der Waals surface area contributed by atoms with Crippen LogP contribution in [0.5, 0.6) is 5.75 Å². The molecule has 2 aliphatic carbocycles. The van der Waals surface area contributed by atoms with E-state index in [1.54, 1.807) is 34.2 Å². The monoisotopic (exact) mass is 694 g/mol. The lowest BCUT2D eigenvalue weighted by Crippen LogP contribution is -1.98. The molecule has 0 saturated heterocycles. The summed E-state index contributed by atoms with van der Waals surface area (Å²) in [7, 11) is 0. The van der Waals surface area contributed by atoms with Crippen LogP contribution in [0.2, 0.25) is 0 Å². The molecule has 43 heavy (non-hydrogen) atoms. The second-order valence-electron chi connectivity index (χ2n) is 10.7. The minimum atomic E-state index is -0.405. The highest BCUT2D eigenvalue weighted by atomic mass is 127. The summed E-state index contributed by atoms with van der Waals surface area (Å²) in [6.07, 6.45) is 20.1.